The first-order valence-corrected chi connectivity index (χ1v) is 4.23. The lowest BCUT2D eigenvalue weighted by Gasteiger charge is -2.34. The van der Waals surface area contributed by atoms with Crippen molar-refractivity contribution in [2.24, 2.45) is 11.3 Å². The molecule has 0 radical (unpaired) electrons. The van der Waals surface area contributed by atoms with Gasteiger partial charge in [0.15, 0.2) is 0 Å². The SMILES string of the molecule is C[C@@H]1CO[C@H](C(C)(C)C)OC1=O. The van der Waals surface area contributed by atoms with Crippen LogP contribution in [0.25, 0.3) is 0 Å². The van der Waals surface area contributed by atoms with Crippen LogP contribution < -0.4 is 0 Å². The first-order chi connectivity index (χ1) is 5.41. The van der Waals surface area contributed by atoms with Crippen LogP contribution in [0.5, 0.6) is 0 Å². The van der Waals surface area contributed by atoms with Crippen LogP contribution in [0.1, 0.15) is 27.7 Å². The zero-order valence-corrected chi connectivity index (χ0v) is 8.09. The van der Waals surface area contributed by atoms with Gasteiger partial charge in [-0.15, -0.1) is 0 Å². The molecule has 0 aromatic heterocycles. The minimum Gasteiger partial charge on any atom is -0.435 e. The Kier molecular flexibility index (Phi) is 2.42. The summed E-state index contributed by atoms with van der Waals surface area (Å²) in [6, 6.07) is 0. The summed E-state index contributed by atoms with van der Waals surface area (Å²) in [7, 11) is 0. The predicted molar refractivity (Wildman–Crippen MR) is 44.5 cm³/mol. The maximum Gasteiger partial charge on any atom is 0.313 e. The molecule has 1 heterocycles. The van der Waals surface area contributed by atoms with Gasteiger partial charge < -0.3 is 9.47 Å². The Morgan fingerprint density at radius 2 is 2.00 bits per heavy atom. The molecule has 70 valence electrons. The lowest BCUT2D eigenvalue weighted by molar-refractivity contribution is -0.233. The van der Waals surface area contributed by atoms with E-state index in [1.807, 2.05) is 20.8 Å². The molecule has 1 aliphatic rings. The molecule has 1 aliphatic heterocycles. The Balaban J connectivity index is 2.57. The van der Waals surface area contributed by atoms with Gasteiger partial charge in [0, 0.05) is 5.41 Å². The molecule has 3 heteroatoms. The van der Waals surface area contributed by atoms with Crippen LogP contribution in [0.4, 0.5) is 0 Å². The minimum absolute atomic E-state index is 0.122. The molecule has 12 heavy (non-hydrogen) atoms. The Labute approximate surface area is 73.0 Å². The summed E-state index contributed by atoms with van der Waals surface area (Å²) < 4.78 is 10.5. The topological polar surface area (TPSA) is 35.5 Å². The van der Waals surface area contributed by atoms with Crippen LogP contribution in [-0.4, -0.2) is 18.9 Å². The second-order valence-electron chi connectivity index (χ2n) is 4.37. The minimum atomic E-state index is -0.388. The smallest absolute Gasteiger partial charge is 0.313 e. The van der Waals surface area contributed by atoms with E-state index < -0.39 is 0 Å². The first kappa shape index (κ1) is 9.52. The third-order valence-corrected chi connectivity index (χ3v) is 1.83. The van der Waals surface area contributed by atoms with Gasteiger partial charge in [-0.2, -0.15) is 0 Å². The zero-order valence-electron chi connectivity index (χ0n) is 8.09. The maximum absolute atomic E-state index is 11.1. The van der Waals surface area contributed by atoms with Gasteiger partial charge in [-0.05, 0) is 6.92 Å². The maximum atomic E-state index is 11.1. The Morgan fingerprint density at radius 3 is 2.42 bits per heavy atom. The number of carbonyl (C=O) groups excluding carboxylic acids is 1. The molecule has 0 aliphatic carbocycles. The quantitative estimate of drug-likeness (QED) is 0.520. The van der Waals surface area contributed by atoms with Gasteiger partial charge in [0.2, 0.25) is 6.29 Å². The standard InChI is InChI=1S/C9H16O3/c1-6-5-11-8(9(2,3)4)12-7(6)10/h6,8H,5H2,1-4H3/t6-,8+/m1/s1. The van der Waals surface area contributed by atoms with Gasteiger partial charge >= 0.3 is 5.97 Å². The highest BCUT2D eigenvalue weighted by Gasteiger charge is 2.35. The van der Waals surface area contributed by atoms with Crippen molar-refractivity contribution < 1.29 is 14.3 Å². The summed E-state index contributed by atoms with van der Waals surface area (Å²) in [5, 5.41) is 0. The lowest BCUT2D eigenvalue weighted by Crippen LogP contribution is -2.42. The van der Waals surface area contributed by atoms with E-state index in [1.165, 1.54) is 0 Å². The Morgan fingerprint density at radius 1 is 1.42 bits per heavy atom. The van der Waals surface area contributed by atoms with Crippen LogP contribution >= 0.6 is 0 Å². The summed E-state index contributed by atoms with van der Waals surface area (Å²) in [6.07, 6.45) is -0.388. The van der Waals surface area contributed by atoms with Crippen molar-refractivity contribution >= 4 is 5.97 Å². The molecule has 1 saturated heterocycles. The molecular formula is C9H16O3. The number of ether oxygens (including phenoxy) is 2. The van der Waals surface area contributed by atoms with E-state index >= 15 is 0 Å². The first-order valence-electron chi connectivity index (χ1n) is 4.23. The van der Waals surface area contributed by atoms with E-state index in [9.17, 15) is 4.79 Å². The molecule has 0 saturated carbocycles. The van der Waals surface area contributed by atoms with Gasteiger partial charge in [0.1, 0.15) is 0 Å². The summed E-state index contributed by atoms with van der Waals surface area (Å²) in [4.78, 5) is 11.1. The molecule has 0 unspecified atom stereocenters. The Bertz CT molecular complexity index is 181. The van der Waals surface area contributed by atoms with Crippen molar-refractivity contribution in [1.29, 1.82) is 0 Å². The molecule has 0 amide bonds. The van der Waals surface area contributed by atoms with Crippen LogP contribution in [0.3, 0.4) is 0 Å². The van der Waals surface area contributed by atoms with E-state index in [0.717, 1.165) is 0 Å². The van der Waals surface area contributed by atoms with Gasteiger partial charge in [0.05, 0.1) is 12.5 Å². The summed E-state index contributed by atoms with van der Waals surface area (Å²) >= 11 is 0. The number of esters is 1. The third-order valence-electron chi connectivity index (χ3n) is 1.83. The van der Waals surface area contributed by atoms with Crippen LogP contribution in [0, 0.1) is 11.3 Å². The molecule has 2 atom stereocenters. The van der Waals surface area contributed by atoms with Crippen molar-refractivity contribution in [1.82, 2.24) is 0 Å². The fourth-order valence-electron chi connectivity index (χ4n) is 0.982. The fourth-order valence-corrected chi connectivity index (χ4v) is 0.982. The molecular weight excluding hydrogens is 156 g/mol. The highest BCUT2D eigenvalue weighted by Crippen LogP contribution is 2.27. The summed E-state index contributed by atoms with van der Waals surface area (Å²) in [5.74, 6) is -0.273. The monoisotopic (exact) mass is 172 g/mol. The second kappa shape index (κ2) is 3.05. The molecule has 1 fully saturated rings. The zero-order chi connectivity index (χ0) is 9.35. The third kappa shape index (κ3) is 1.97. The van der Waals surface area contributed by atoms with Crippen LogP contribution in [-0.2, 0) is 14.3 Å². The summed E-state index contributed by atoms with van der Waals surface area (Å²) in [6.45, 7) is 8.24. The van der Waals surface area contributed by atoms with E-state index in [4.69, 9.17) is 9.47 Å². The molecule has 3 nitrogen and oxygen atoms in total. The van der Waals surface area contributed by atoms with E-state index in [0.29, 0.717) is 6.61 Å². The predicted octanol–water partition coefficient (Wildman–Crippen LogP) is 1.57. The number of rotatable bonds is 0. The second-order valence-corrected chi connectivity index (χ2v) is 4.37. The van der Waals surface area contributed by atoms with Crippen molar-refractivity contribution in [3.8, 4) is 0 Å². The molecule has 0 aromatic carbocycles. The number of cyclic esters (lactones) is 1. The fraction of sp³-hybridized carbons (Fsp3) is 0.889. The molecule has 0 bridgehead atoms. The van der Waals surface area contributed by atoms with Crippen molar-refractivity contribution in [2.45, 2.75) is 34.0 Å². The van der Waals surface area contributed by atoms with E-state index in [1.54, 1.807) is 6.92 Å². The van der Waals surface area contributed by atoms with Gasteiger partial charge in [-0.1, -0.05) is 20.8 Å². The number of hydrogen-bond donors (Lipinski definition) is 0. The Hall–Kier alpha value is -0.570. The molecule has 0 spiro atoms. The van der Waals surface area contributed by atoms with Crippen LogP contribution in [0.15, 0.2) is 0 Å². The highest BCUT2D eigenvalue weighted by atomic mass is 16.7. The van der Waals surface area contributed by atoms with E-state index in [-0.39, 0.29) is 23.6 Å². The van der Waals surface area contributed by atoms with Crippen molar-refractivity contribution in [2.75, 3.05) is 6.61 Å². The largest absolute Gasteiger partial charge is 0.435 e. The van der Waals surface area contributed by atoms with Gasteiger partial charge in [-0.3, -0.25) is 4.79 Å². The van der Waals surface area contributed by atoms with Crippen molar-refractivity contribution in [3.05, 3.63) is 0 Å². The van der Waals surface area contributed by atoms with Gasteiger partial charge in [-0.25, -0.2) is 0 Å². The lowest BCUT2D eigenvalue weighted by atomic mass is 9.95. The normalized spacial score (nSPS) is 31.5. The molecule has 0 aromatic rings. The van der Waals surface area contributed by atoms with E-state index in [2.05, 4.69) is 0 Å². The highest BCUT2D eigenvalue weighted by molar-refractivity contribution is 5.72. The number of carbonyl (C=O) groups is 1. The van der Waals surface area contributed by atoms with Gasteiger partial charge in [0.25, 0.3) is 0 Å². The average molecular weight is 172 g/mol. The average Bonchev–Trinajstić information content (AvgIpc) is 1.92. The number of hydrogen-bond acceptors (Lipinski definition) is 3. The van der Waals surface area contributed by atoms with Crippen LogP contribution in [0.2, 0.25) is 0 Å². The summed E-state index contributed by atoms with van der Waals surface area (Å²) in [5.41, 5.74) is -0.129. The molecule has 1 rings (SSSR count). The van der Waals surface area contributed by atoms with Crippen molar-refractivity contribution in [3.63, 3.8) is 0 Å². The molecule has 0 N–H and O–H groups in total.